The summed E-state index contributed by atoms with van der Waals surface area (Å²) in [4.78, 5) is 40.4. The maximum Gasteiger partial charge on any atom is 0.308 e. The van der Waals surface area contributed by atoms with Gasteiger partial charge in [-0.1, -0.05) is 6.07 Å². The Morgan fingerprint density at radius 1 is 1.17 bits per heavy atom. The molecule has 0 saturated carbocycles. The molecule has 2 aliphatic heterocycles. The third-order valence-corrected chi connectivity index (χ3v) is 5.47. The average molecular weight is 336 g/mol. The second-order valence-corrected chi connectivity index (χ2v) is 7.04. The Hall–Kier alpha value is -1.89. The summed E-state index contributed by atoms with van der Waals surface area (Å²) in [6, 6.07) is 3.15. The smallest absolute Gasteiger partial charge is 0.308 e. The molecule has 1 N–H and O–H groups in total. The van der Waals surface area contributed by atoms with Crippen molar-refractivity contribution in [2.75, 3.05) is 19.6 Å². The van der Waals surface area contributed by atoms with Crippen molar-refractivity contribution in [1.82, 2.24) is 9.80 Å². The number of rotatable bonds is 3. The number of carboxylic acids is 1. The van der Waals surface area contributed by atoms with E-state index in [0.29, 0.717) is 37.2 Å². The fourth-order valence-electron chi connectivity index (χ4n) is 3.40. The van der Waals surface area contributed by atoms with E-state index in [-0.39, 0.29) is 18.4 Å². The molecule has 0 aromatic carbocycles. The lowest BCUT2D eigenvalue weighted by Crippen LogP contribution is -2.51. The van der Waals surface area contributed by atoms with E-state index in [2.05, 4.69) is 0 Å². The van der Waals surface area contributed by atoms with E-state index in [0.717, 1.165) is 6.42 Å². The molecular formula is C16H20N2O4S. The van der Waals surface area contributed by atoms with E-state index in [1.54, 1.807) is 15.9 Å². The molecule has 0 radical (unpaired) electrons. The van der Waals surface area contributed by atoms with Gasteiger partial charge in [-0.05, 0) is 37.1 Å². The molecule has 3 heterocycles. The number of carboxylic acid groups (broad SMARTS) is 1. The Balaban J connectivity index is 1.70. The van der Waals surface area contributed by atoms with Gasteiger partial charge in [-0.25, -0.2) is 0 Å². The van der Waals surface area contributed by atoms with Crippen molar-refractivity contribution in [3.05, 3.63) is 22.4 Å². The number of amides is 2. The predicted molar refractivity (Wildman–Crippen MR) is 85.3 cm³/mol. The highest BCUT2D eigenvalue weighted by molar-refractivity contribution is 7.12. The monoisotopic (exact) mass is 336 g/mol. The zero-order chi connectivity index (χ0) is 16.4. The molecule has 23 heavy (non-hydrogen) atoms. The lowest BCUT2D eigenvalue weighted by atomic mass is 9.97. The molecule has 2 aliphatic rings. The number of carbonyl (C=O) groups is 3. The van der Waals surface area contributed by atoms with Gasteiger partial charge in [0.15, 0.2) is 0 Å². The third kappa shape index (κ3) is 3.24. The second kappa shape index (κ2) is 6.70. The van der Waals surface area contributed by atoms with E-state index < -0.39 is 17.9 Å². The molecule has 1 aromatic rings. The van der Waals surface area contributed by atoms with Crippen LogP contribution in [0.3, 0.4) is 0 Å². The fourth-order valence-corrected chi connectivity index (χ4v) is 4.08. The first kappa shape index (κ1) is 16.0. The molecular weight excluding hydrogens is 316 g/mol. The number of hydrogen-bond donors (Lipinski definition) is 1. The number of piperidine rings is 1. The molecule has 3 rings (SSSR count). The maximum atomic E-state index is 12.8. The fraction of sp³-hybridized carbons (Fsp3) is 0.562. The summed E-state index contributed by atoms with van der Waals surface area (Å²) in [5, 5.41) is 11.0. The van der Waals surface area contributed by atoms with Crippen LogP contribution in [0.5, 0.6) is 0 Å². The lowest BCUT2D eigenvalue weighted by molar-refractivity contribution is -0.146. The van der Waals surface area contributed by atoms with E-state index >= 15 is 0 Å². The Kier molecular flexibility index (Phi) is 4.66. The summed E-state index contributed by atoms with van der Waals surface area (Å²) in [5.41, 5.74) is 0. The molecule has 2 atom stereocenters. The van der Waals surface area contributed by atoms with Crippen molar-refractivity contribution in [2.45, 2.75) is 31.7 Å². The van der Waals surface area contributed by atoms with Crippen molar-refractivity contribution in [3.63, 3.8) is 0 Å². The number of thiophene rings is 1. The van der Waals surface area contributed by atoms with Crippen LogP contribution in [0.25, 0.3) is 0 Å². The third-order valence-electron chi connectivity index (χ3n) is 4.61. The Morgan fingerprint density at radius 2 is 1.96 bits per heavy atom. The Bertz CT molecular complexity index is 601. The molecule has 0 spiro atoms. The van der Waals surface area contributed by atoms with E-state index in [9.17, 15) is 14.4 Å². The van der Waals surface area contributed by atoms with Crippen LogP contribution in [0.1, 0.15) is 35.4 Å². The standard InChI is InChI=1S/C16H20N2O4S/c19-14(17-7-1-4-11(10-17)16(21)22)12-5-2-8-18(12)15(20)13-6-3-9-23-13/h3,6,9,11-12H,1-2,4-5,7-8,10H2,(H,21,22)/t11-,12?/m0/s1. The highest BCUT2D eigenvalue weighted by atomic mass is 32.1. The van der Waals surface area contributed by atoms with Crippen LogP contribution in [0.15, 0.2) is 17.5 Å². The largest absolute Gasteiger partial charge is 0.481 e. The van der Waals surface area contributed by atoms with Gasteiger partial charge in [0.05, 0.1) is 10.8 Å². The van der Waals surface area contributed by atoms with Crippen LogP contribution in [-0.4, -0.2) is 58.4 Å². The van der Waals surface area contributed by atoms with Gasteiger partial charge < -0.3 is 14.9 Å². The highest BCUT2D eigenvalue weighted by Gasteiger charge is 2.39. The first-order valence-electron chi connectivity index (χ1n) is 7.94. The van der Waals surface area contributed by atoms with Gasteiger partial charge in [0.25, 0.3) is 5.91 Å². The highest BCUT2D eigenvalue weighted by Crippen LogP contribution is 2.26. The first-order valence-corrected chi connectivity index (χ1v) is 8.82. The van der Waals surface area contributed by atoms with Crippen LogP contribution in [0, 0.1) is 5.92 Å². The van der Waals surface area contributed by atoms with E-state index in [4.69, 9.17) is 5.11 Å². The summed E-state index contributed by atoms with van der Waals surface area (Å²) in [5.74, 6) is -1.53. The van der Waals surface area contributed by atoms with Crippen molar-refractivity contribution in [1.29, 1.82) is 0 Å². The molecule has 1 aromatic heterocycles. The summed E-state index contributed by atoms with van der Waals surface area (Å²) < 4.78 is 0. The molecule has 0 aliphatic carbocycles. The van der Waals surface area contributed by atoms with E-state index in [1.807, 2.05) is 11.4 Å². The van der Waals surface area contributed by atoms with Gasteiger partial charge in [0.2, 0.25) is 5.91 Å². The number of aliphatic carboxylic acids is 1. The minimum Gasteiger partial charge on any atom is -0.481 e. The first-order chi connectivity index (χ1) is 11.1. The number of carbonyl (C=O) groups excluding carboxylic acids is 2. The summed E-state index contributed by atoms with van der Waals surface area (Å²) in [7, 11) is 0. The molecule has 7 heteroatoms. The summed E-state index contributed by atoms with van der Waals surface area (Å²) in [6.45, 7) is 1.43. The Labute approximate surface area is 138 Å². The van der Waals surface area contributed by atoms with Crippen molar-refractivity contribution in [2.24, 2.45) is 5.92 Å². The Morgan fingerprint density at radius 3 is 2.65 bits per heavy atom. The van der Waals surface area contributed by atoms with Crippen LogP contribution in [0.2, 0.25) is 0 Å². The van der Waals surface area contributed by atoms with Gasteiger partial charge >= 0.3 is 5.97 Å². The van der Waals surface area contributed by atoms with Crippen LogP contribution in [-0.2, 0) is 9.59 Å². The normalized spacial score (nSPS) is 24.7. The minimum absolute atomic E-state index is 0.0948. The molecule has 2 saturated heterocycles. The maximum absolute atomic E-state index is 12.8. The lowest BCUT2D eigenvalue weighted by Gasteiger charge is -2.34. The summed E-state index contributed by atoms with van der Waals surface area (Å²) >= 11 is 1.38. The van der Waals surface area contributed by atoms with Crippen molar-refractivity contribution < 1.29 is 19.5 Å². The number of nitrogens with zero attached hydrogens (tertiary/aromatic N) is 2. The molecule has 2 fully saturated rings. The van der Waals surface area contributed by atoms with Gasteiger partial charge in [-0.3, -0.25) is 14.4 Å². The topological polar surface area (TPSA) is 77.9 Å². The molecule has 2 amide bonds. The molecule has 6 nitrogen and oxygen atoms in total. The van der Waals surface area contributed by atoms with Crippen LogP contribution < -0.4 is 0 Å². The van der Waals surface area contributed by atoms with Crippen LogP contribution in [0.4, 0.5) is 0 Å². The van der Waals surface area contributed by atoms with Gasteiger partial charge in [-0.15, -0.1) is 11.3 Å². The van der Waals surface area contributed by atoms with E-state index in [1.165, 1.54) is 11.3 Å². The molecule has 0 bridgehead atoms. The zero-order valence-electron chi connectivity index (χ0n) is 12.8. The average Bonchev–Trinajstić information content (AvgIpc) is 3.25. The van der Waals surface area contributed by atoms with Crippen molar-refractivity contribution in [3.8, 4) is 0 Å². The number of likely N-dealkylation sites (tertiary alicyclic amines) is 2. The number of hydrogen-bond acceptors (Lipinski definition) is 4. The predicted octanol–water partition coefficient (Wildman–Crippen LogP) is 1.68. The van der Waals surface area contributed by atoms with Gasteiger partial charge in [-0.2, -0.15) is 0 Å². The van der Waals surface area contributed by atoms with Gasteiger partial charge in [0.1, 0.15) is 6.04 Å². The SMILES string of the molecule is O=C(O)[C@H]1CCCN(C(=O)C2CCCN2C(=O)c2cccs2)C1. The quantitative estimate of drug-likeness (QED) is 0.911. The minimum atomic E-state index is -0.847. The van der Waals surface area contributed by atoms with Crippen molar-refractivity contribution >= 4 is 29.1 Å². The zero-order valence-corrected chi connectivity index (χ0v) is 13.6. The molecule has 1 unspecified atom stereocenters. The van der Waals surface area contributed by atoms with Crippen LogP contribution >= 0.6 is 11.3 Å². The molecule has 124 valence electrons. The van der Waals surface area contributed by atoms with Gasteiger partial charge in [0, 0.05) is 19.6 Å². The second-order valence-electron chi connectivity index (χ2n) is 6.10. The summed E-state index contributed by atoms with van der Waals surface area (Å²) in [6.07, 6.45) is 2.78.